The minimum Gasteiger partial charge on any atom is -0.478 e. The second-order valence-electron chi connectivity index (χ2n) is 3.72. The van der Waals surface area contributed by atoms with Crippen LogP contribution in [0.15, 0.2) is 22.8 Å². The van der Waals surface area contributed by atoms with Gasteiger partial charge in [0.25, 0.3) is 0 Å². The average molecular weight is 249 g/mol. The molecule has 7 nitrogen and oxygen atoms in total. The molecule has 0 saturated heterocycles. The molecular weight excluding hydrogens is 238 g/mol. The zero-order valence-electron chi connectivity index (χ0n) is 9.56. The van der Waals surface area contributed by atoms with Gasteiger partial charge in [0.15, 0.2) is 5.82 Å². The van der Waals surface area contributed by atoms with Gasteiger partial charge in [-0.15, -0.1) is 0 Å². The zero-order chi connectivity index (χ0) is 13.1. The third-order valence-electron chi connectivity index (χ3n) is 2.27. The molecule has 0 aliphatic carbocycles. The van der Waals surface area contributed by atoms with Gasteiger partial charge in [-0.3, -0.25) is 9.89 Å². The Morgan fingerprint density at radius 1 is 1.56 bits per heavy atom. The van der Waals surface area contributed by atoms with E-state index in [1.54, 1.807) is 13.0 Å². The normalized spacial score (nSPS) is 10.3. The van der Waals surface area contributed by atoms with E-state index in [0.29, 0.717) is 5.82 Å². The van der Waals surface area contributed by atoms with Crippen LogP contribution < -0.4 is 5.32 Å². The Morgan fingerprint density at radius 3 is 2.94 bits per heavy atom. The summed E-state index contributed by atoms with van der Waals surface area (Å²) in [5.41, 5.74) is 0.804. The number of carbonyl (C=O) groups excluding carboxylic acids is 1. The van der Waals surface area contributed by atoms with Crippen LogP contribution in [0.2, 0.25) is 0 Å². The number of anilines is 1. The summed E-state index contributed by atoms with van der Waals surface area (Å²) in [7, 11) is 0. The molecule has 2 aromatic rings. The average Bonchev–Trinajstić information content (AvgIpc) is 2.87. The van der Waals surface area contributed by atoms with Gasteiger partial charge in [-0.2, -0.15) is 5.10 Å². The summed E-state index contributed by atoms with van der Waals surface area (Å²) < 4.78 is 4.97. The van der Waals surface area contributed by atoms with E-state index in [2.05, 4.69) is 15.5 Å². The Labute approximate surface area is 102 Å². The van der Waals surface area contributed by atoms with E-state index < -0.39 is 5.97 Å². The lowest BCUT2D eigenvalue weighted by molar-refractivity contribution is -0.115. The maximum absolute atomic E-state index is 11.6. The van der Waals surface area contributed by atoms with Crippen LogP contribution in [0.3, 0.4) is 0 Å². The first-order valence-corrected chi connectivity index (χ1v) is 5.18. The number of hydrogen-bond donors (Lipinski definition) is 3. The van der Waals surface area contributed by atoms with Crippen LogP contribution >= 0.6 is 0 Å². The van der Waals surface area contributed by atoms with Crippen molar-refractivity contribution >= 4 is 17.7 Å². The summed E-state index contributed by atoms with van der Waals surface area (Å²) in [6, 6.07) is 2.97. The van der Waals surface area contributed by atoms with Gasteiger partial charge in [-0.25, -0.2) is 4.79 Å². The highest BCUT2D eigenvalue weighted by molar-refractivity contribution is 5.94. The third kappa shape index (κ3) is 2.57. The van der Waals surface area contributed by atoms with Crippen LogP contribution in [0.5, 0.6) is 0 Å². The quantitative estimate of drug-likeness (QED) is 0.754. The van der Waals surface area contributed by atoms with E-state index in [1.165, 1.54) is 12.3 Å². The van der Waals surface area contributed by atoms with Gasteiger partial charge in [0.1, 0.15) is 11.3 Å². The number of H-pyrrole nitrogens is 1. The number of aromatic carboxylic acids is 1. The molecule has 94 valence electrons. The molecule has 0 radical (unpaired) electrons. The Hall–Kier alpha value is -2.57. The number of aromatic nitrogens is 2. The van der Waals surface area contributed by atoms with E-state index in [-0.39, 0.29) is 23.7 Å². The fraction of sp³-hybridized carbons (Fsp3) is 0.182. The first-order chi connectivity index (χ1) is 8.56. The number of nitrogens with one attached hydrogen (secondary N) is 2. The molecule has 7 heteroatoms. The highest BCUT2D eigenvalue weighted by Gasteiger charge is 2.16. The van der Waals surface area contributed by atoms with Crippen LogP contribution in [-0.2, 0) is 11.2 Å². The first-order valence-electron chi connectivity index (χ1n) is 5.18. The molecule has 0 unspecified atom stereocenters. The second-order valence-corrected chi connectivity index (χ2v) is 3.72. The van der Waals surface area contributed by atoms with E-state index in [9.17, 15) is 9.59 Å². The summed E-state index contributed by atoms with van der Waals surface area (Å²) in [6.45, 7) is 1.80. The molecule has 1 amide bonds. The summed E-state index contributed by atoms with van der Waals surface area (Å²) >= 11 is 0. The summed E-state index contributed by atoms with van der Waals surface area (Å²) in [4.78, 5) is 22.5. The molecule has 0 aromatic carbocycles. The Kier molecular flexibility index (Phi) is 3.13. The van der Waals surface area contributed by atoms with E-state index >= 15 is 0 Å². The fourth-order valence-corrected chi connectivity index (χ4v) is 1.48. The van der Waals surface area contributed by atoms with Gasteiger partial charge in [0.2, 0.25) is 5.91 Å². The predicted octanol–water partition coefficient (Wildman–Crippen LogP) is 1.19. The molecule has 0 atom stereocenters. The molecule has 0 saturated carbocycles. The number of carboxylic acid groups (broad SMARTS) is 1. The minimum atomic E-state index is -1.12. The number of carboxylic acids is 1. The van der Waals surface area contributed by atoms with Crippen LogP contribution in [-0.4, -0.2) is 27.2 Å². The van der Waals surface area contributed by atoms with Gasteiger partial charge < -0.3 is 14.8 Å². The van der Waals surface area contributed by atoms with Crippen molar-refractivity contribution in [2.24, 2.45) is 0 Å². The molecule has 2 rings (SSSR count). The van der Waals surface area contributed by atoms with Crippen LogP contribution in [0, 0.1) is 6.92 Å². The number of hydrogen-bond acceptors (Lipinski definition) is 4. The second kappa shape index (κ2) is 4.74. The van der Waals surface area contributed by atoms with Crippen molar-refractivity contribution in [3.05, 3.63) is 35.4 Å². The Bertz CT molecular complexity index is 585. The van der Waals surface area contributed by atoms with Gasteiger partial charge in [0.05, 0.1) is 12.7 Å². The molecular formula is C11H11N3O4. The molecule has 0 bridgehead atoms. The minimum absolute atomic E-state index is 0.0108. The highest BCUT2D eigenvalue weighted by Crippen LogP contribution is 2.12. The van der Waals surface area contributed by atoms with Crippen molar-refractivity contribution in [2.45, 2.75) is 13.3 Å². The largest absolute Gasteiger partial charge is 0.478 e. The molecule has 0 spiro atoms. The predicted molar refractivity (Wildman–Crippen MR) is 61.3 cm³/mol. The lowest BCUT2D eigenvalue weighted by Crippen LogP contribution is -2.15. The van der Waals surface area contributed by atoms with E-state index in [4.69, 9.17) is 9.52 Å². The number of nitrogens with zero attached hydrogens (tertiary/aromatic N) is 1. The lowest BCUT2D eigenvalue weighted by atomic mass is 10.2. The van der Waals surface area contributed by atoms with Crippen molar-refractivity contribution in [3.8, 4) is 0 Å². The fourth-order valence-electron chi connectivity index (χ4n) is 1.48. The van der Waals surface area contributed by atoms with Gasteiger partial charge in [-0.1, -0.05) is 0 Å². The maximum Gasteiger partial charge on any atom is 0.339 e. The number of amides is 1. The first kappa shape index (κ1) is 11.9. The zero-order valence-corrected chi connectivity index (χ0v) is 9.56. The number of aromatic amines is 1. The smallest absolute Gasteiger partial charge is 0.339 e. The monoisotopic (exact) mass is 249 g/mol. The third-order valence-corrected chi connectivity index (χ3v) is 2.27. The lowest BCUT2D eigenvalue weighted by Gasteiger charge is -2.00. The molecule has 0 aliphatic heterocycles. The van der Waals surface area contributed by atoms with Crippen molar-refractivity contribution in [2.75, 3.05) is 5.32 Å². The van der Waals surface area contributed by atoms with Crippen molar-refractivity contribution in [1.82, 2.24) is 10.2 Å². The number of carbonyl (C=O) groups is 2. The van der Waals surface area contributed by atoms with Crippen LogP contribution in [0.4, 0.5) is 5.82 Å². The molecule has 3 N–H and O–H groups in total. The summed E-state index contributed by atoms with van der Waals surface area (Å²) in [5.74, 6) is -1.01. The molecule has 18 heavy (non-hydrogen) atoms. The summed E-state index contributed by atoms with van der Waals surface area (Å²) in [5, 5.41) is 17.9. The standard InChI is InChI=1S/C11H11N3O4/c1-6-4-9(14-13-6)12-10(15)5-8-7(11(16)17)2-3-18-8/h2-4H,5H2,1H3,(H,16,17)(H2,12,13,14,15). The topological polar surface area (TPSA) is 108 Å². The van der Waals surface area contributed by atoms with Crippen LogP contribution in [0.25, 0.3) is 0 Å². The van der Waals surface area contributed by atoms with Crippen molar-refractivity contribution in [3.63, 3.8) is 0 Å². The number of rotatable bonds is 4. The van der Waals surface area contributed by atoms with Gasteiger partial charge in [-0.05, 0) is 13.0 Å². The molecule has 2 aromatic heterocycles. The van der Waals surface area contributed by atoms with Crippen molar-refractivity contribution < 1.29 is 19.1 Å². The van der Waals surface area contributed by atoms with Crippen LogP contribution in [0.1, 0.15) is 21.8 Å². The number of aryl methyl sites for hydroxylation is 1. The Morgan fingerprint density at radius 2 is 2.33 bits per heavy atom. The highest BCUT2D eigenvalue weighted by atomic mass is 16.4. The maximum atomic E-state index is 11.6. The van der Waals surface area contributed by atoms with E-state index in [1.807, 2.05) is 0 Å². The number of furan rings is 1. The van der Waals surface area contributed by atoms with Gasteiger partial charge >= 0.3 is 5.97 Å². The van der Waals surface area contributed by atoms with Gasteiger partial charge in [0, 0.05) is 11.8 Å². The van der Waals surface area contributed by atoms with Crippen molar-refractivity contribution in [1.29, 1.82) is 0 Å². The molecule has 2 heterocycles. The Balaban J connectivity index is 2.03. The molecule has 0 aliphatic rings. The summed E-state index contributed by atoms with van der Waals surface area (Å²) in [6.07, 6.45) is 1.09. The molecule has 0 fully saturated rings. The van der Waals surface area contributed by atoms with E-state index in [0.717, 1.165) is 5.69 Å². The SMILES string of the molecule is Cc1cc(NC(=O)Cc2occc2C(=O)O)n[nH]1.